The lowest BCUT2D eigenvalue weighted by atomic mass is 10.1. The second-order valence-electron chi connectivity index (χ2n) is 5.06. The summed E-state index contributed by atoms with van der Waals surface area (Å²) in [5.41, 5.74) is 2.94. The third-order valence-electron chi connectivity index (χ3n) is 3.29. The van der Waals surface area contributed by atoms with Gasteiger partial charge in [0.2, 0.25) is 0 Å². The molecule has 0 bridgehead atoms. The standard InChI is InChI=1S/C11H12N2O2.C8H5NO2/c1-9(13-15-2)11-7-3-5-10(12-11)6-4-8-14;10-7-5-3-1-2-4-6(5)8(11)9-7/h3,5,7,14H,8H2,1-2H3;1-4H,(H,9,10,11)/b13-9+;. The molecule has 0 saturated carbocycles. The fourth-order valence-electron chi connectivity index (χ4n) is 2.14. The molecule has 1 aromatic carbocycles. The molecule has 7 nitrogen and oxygen atoms in total. The Balaban J connectivity index is 0.000000195. The molecule has 2 heterocycles. The van der Waals surface area contributed by atoms with Gasteiger partial charge in [-0.3, -0.25) is 14.9 Å². The summed E-state index contributed by atoms with van der Waals surface area (Å²) in [5.74, 6) is 4.66. The van der Waals surface area contributed by atoms with Crippen LogP contribution in [0.1, 0.15) is 39.0 Å². The molecule has 2 amide bonds. The molecule has 0 aliphatic carbocycles. The summed E-state index contributed by atoms with van der Waals surface area (Å²) in [6.45, 7) is 1.63. The van der Waals surface area contributed by atoms with Crippen molar-refractivity contribution in [3.63, 3.8) is 0 Å². The van der Waals surface area contributed by atoms with E-state index in [1.165, 1.54) is 7.11 Å². The molecule has 3 rings (SSSR count). The maximum absolute atomic E-state index is 10.9. The summed E-state index contributed by atoms with van der Waals surface area (Å²) in [6, 6.07) is 12.2. The van der Waals surface area contributed by atoms with Crippen LogP contribution in [0, 0.1) is 11.8 Å². The van der Waals surface area contributed by atoms with Crippen LogP contribution >= 0.6 is 0 Å². The van der Waals surface area contributed by atoms with Crippen LogP contribution in [0.4, 0.5) is 0 Å². The number of carbonyl (C=O) groups is 2. The van der Waals surface area contributed by atoms with Crippen molar-refractivity contribution in [1.29, 1.82) is 0 Å². The molecule has 1 aliphatic heterocycles. The van der Waals surface area contributed by atoms with Gasteiger partial charge < -0.3 is 9.94 Å². The molecule has 0 atom stereocenters. The van der Waals surface area contributed by atoms with Gasteiger partial charge in [0.1, 0.15) is 25.1 Å². The van der Waals surface area contributed by atoms with Crippen molar-refractivity contribution in [2.75, 3.05) is 13.7 Å². The molecule has 0 saturated heterocycles. The second kappa shape index (κ2) is 9.11. The van der Waals surface area contributed by atoms with Crippen LogP contribution in [-0.2, 0) is 4.84 Å². The maximum Gasteiger partial charge on any atom is 0.258 e. The van der Waals surface area contributed by atoms with Crippen LogP contribution in [0.5, 0.6) is 0 Å². The zero-order valence-corrected chi connectivity index (χ0v) is 14.3. The van der Waals surface area contributed by atoms with Gasteiger partial charge >= 0.3 is 0 Å². The third kappa shape index (κ3) is 4.75. The number of carbonyl (C=O) groups excluding carboxylic acids is 2. The van der Waals surface area contributed by atoms with Crippen LogP contribution in [0.3, 0.4) is 0 Å². The van der Waals surface area contributed by atoms with Crippen LogP contribution < -0.4 is 5.32 Å². The number of hydrogen-bond donors (Lipinski definition) is 2. The normalized spacial score (nSPS) is 12.2. The number of rotatable bonds is 2. The maximum atomic E-state index is 10.9. The van der Waals surface area contributed by atoms with Gasteiger partial charge in [-0.15, -0.1) is 0 Å². The number of hydrogen-bond acceptors (Lipinski definition) is 6. The summed E-state index contributed by atoms with van der Waals surface area (Å²) in [6.07, 6.45) is 0. The van der Waals surface area contributed by atoms with E-state index < -0.39 is 0 Å². The summed E-state index contributed by atoms with van der Waals surface area (Å²) < 4.78 is 0. The number of aliphatic hydroxyl groups is 1. The number of nitrogens with zero attached hydrogens (tertiary/aromatic N) is 2. The van der Waals surface area contributed by atoms with E-state index in [-0.39, 0.29) is 18.4 Å². The molecular formula is C19H17N3O4. The predicted octanol–water partition coefficient (Wildman–Crippen LogP) is 1.37. The minimum atomic E-state index is -0.300. The highest BCUT2D eigenvalue weighted by Crippen LogP contribution is 2.13. The van der Waals surface area contributed by atoms with Gasteiger partial charge in [-0.1, -0.05) is 29.3 Å². The molecule has 2 N–H and O–H groups in total. The van der Waals surface area contributed by atoms with Gasteiger partial charge in [0.25, 0.3) is 11.8 Å². The highest BCUT2D eigenvalue weighted by molar-refractivity contribution is 6.21. The van der Waals surface area contributed by atoms with Gasteiger partial charge in [0.05, 0.1) is 16.8 Å². The van der Waals surface area contributed by atoms with Gasteiger partial charge in [-0.25, -0.2) is 4.98 Å². The fourth-order valence-corrected chi connectivity index (χ4v) is 2.14. The van der Waals surface area contributed by atoms with Crippen LogP contribution in [0.2, 0.25) is 0 Å². The monoisotopic (exact) mass is 351 g/mol. The predicted molar refractivity (Wildman–Crippen MR) is 95.7 cm³/mol. The quantitative estimate of drug-likeness (QED) is 0.368. The lowest BCUT2D eigenvalue weighted by Gasteiger charge is -1.98. The van der Waals surface area contributed by atoms with Crippen molar-refractivity contribution in [2.24, 2.45) is 5.16 Å². The Bertz CT molecular complexity index is 877. The van der Waals surface area contributed by atoms with E-state index in [2.05, 4.69) is 32.1 Å². The Hall–Kier alpha value is -3.50. The average molecular weight is 351 g/mol. The summed E-state index contributed by atoms with van der Waals surface area (Å²) in [7, 11) is 1.49. The average Bonchev–Trinajstić information content (AvgIpc) is 2.95. The molecule has 0 radical (unpaired) electrons. The largest absolute Gasteiger partial charge is 0.399 e. The Kier molecular flexibility index (Phi) is 6.60. The van der Waals surface area contributed by atoms with E-state index in [4.69, 9.17) is 5.11 Å². The first kappa shape index (κ1) is 18.8. The van der Waals surface area contributed by atoms with Crippen LogP contribution in [0.25, 0.3) is 0 Å². The molecule has 132 valence electrons. The van der Waals surface area contributed by atoms with E-state index in [1.807, 2.05) is 12.1 Å². The topological polar surface area (TPSA) is 101 Å². The van der Waals surface area contributed by atoms with E-state index in [0.29, 0.717) is 28.2 Å². The van der Waals surface area contributed by atoms with Crippen molar-refractivity contribution in [1.82, 2.24) is 10.3 Å². The minimum absolute atomic E-state index is 0.170. The van der Waals surface area contributed by atoms with E-state index in [9.17, 15) is 9.59 Å². The molecule has 26 heavy (non-hydrogen) atoms. The molecule has 0 fully saturated rings. The first-order valence-electron chi connectivity index (χ1n) is 7.66. The summed E-state index contributed by atoms with van der Waals surface area (Å²) >= 11 is 0. The van der Waals surface area contributed by atoms with Crippen LogP contribution in [-0.4, -0.2) is 41.3 Å². The lowest BCUT2D eigenvalue weighted by Crippen LogP contribution is -2.19. The first-order chi connectivity index (χ1) is 12.6. The van der Waals surface area contributed by atoms with Crippen molar-refractivity contribution in [2.45, 2.75) is 6.92 Å². The number of benzene rings is 1. The molecule has 1 aromatic heterocycles. The van der Waals surface area contributed by atoms with E-state index in [1.54, 1.807) is 37.3 Å². The Morgan fingerprint density at radius 2 is 1.81 bits per heavy atom. The smallest absolute Gasteiger partial charge is 0.258 e. The van der Waals surface area contributed by atoms with Gasteiger partial charge in [0, 0.05) is 0 Å². The fraction of sp³-hybridized carbons (Fsp3) is 0.158. The van der Waals surface area contributed by atoms with Crippen molar-refractivity contribution in [3.05, 3.63) is 65.0 Å². The summed E-state index contributed by atoms with van der Waals surface area (Å²) in [5, 5.41) is 14.5. The minimum Gasteiger partial charge on any atom is -0.399 e. The number of fused-ring (bicyclic) bond motifs is 1. The number of nitrogens with one attached hydrogen (secondary N) is 1. The molecule has 7 heteroatoms. The number of aliphatic hydroxyl groups excluding tert-OH is 1. The molecular weight excluding hydrogens is 334 g/mol. The van der Waals surface area contributed by atoms with Gasteiger partial charge in [0.15, 0.2) is 0 Å². The SMILES string of the molecule is CO/N=C(\C)c1cccc(C#CCO)n1.O=C1NC(=O)c2ccccc21. The Morgan fingerprint density at radius 3 is 2.38 bits per heavy atom. The number of imide groups is 1. The van der Waals surface area contributed by atoms with E-state index >= 15 is 0 Å². The molecule has 0 unspecified atom stereocenters. The zero-order chi connectivity index (χ0) is 18.9. The van der Waals surface area contributed by atoms with Gasteiger partial charge in [-0.2, -0.15) is 0 Å². The number of pyridine rings is 1. The molecule has 2 aromatic rings. The highest BCUT2D eigenvalue weighted by atomic mass is 16.6. The highest BCUT2D eigenvalue weighted by Gasteiger charge is 2.25. The lowest BCUT2D eigenvalue weighted by molar-refractivity contribution is 0.0879. The van der Waals surface area contributed by atoms with Crippen molar-refractivity contribution < 1.29 is 19.5 Å². The van der Waals surface area contributed by atoms with Crippen molar-refractivity contribution in [3.8, 4) is 11.8 Å². The number of amides is 2. The molecule has 1 aliphatic rings. The van der Waals surface area contributed by atoms with E-state index in [0.717, 1.165) is 0 Å². The summed E-state index contributed by atoms with van der Waals surface area (Å²) in [4.78, 5) is 30.8. The Morgan fingerprint density at radius 1 is 1.15 bits per heavy atom. The Labute approximate surface area is 150 Å². The first-order valence-corrected chi connectivity index (χ1v) is 7.66. The zero-order valence-electron chi connectivity index (χ0n) is 14.3. The third-order valence-corrected chi connectivity index (χ3v) is 3.29. The van der Waals surface area contributed by atoms with Crippen LogP contribution in [0.15, 0.2) is 47.6 Å². The number of aromatic nitrogens is 1. The number of oxime groups is 1. The second-order valence-corrected chi connectivity index (χ2v) is 5.06. The van der Waals surface area contributed by atoms with Gasteiger partial charge in [-0.05, 0) is 37.1 Å². The van der Waals surface area contributed by atoms with Crippen molar-refractivity contribution >= 4 is 17.5 Å². The molecule has 0 spiro atoms.